The van der Waals surface area contributed by atoms with Gasteiger partial charge in [0.15, 0.2) is 6.61 Å². The van der Waals surface area contributed by atoms with Crippen LogP contribution in [0.1, 0.15) is 5.56 Å². The van der Waals surface area contributed by atoms with E-state index in [9.17, 15) is 18.4 Å². The van der Waals surface area contributed by atoms with Gasteiger partial charge in [-0.2, -0.15) is 8.78 Å². The molecule has 96 valence electrons. The third-order valence-corrected chi connectivity index (χ3v) is 2.68. The fourth-order valence-corrected chi connectivity index (χ4v) is 1.59. The van der Waals surface area contributed by atoms with Crippen molar-refractivity contribution >= 4 is 17.6 Å². The molecule has 1 N–H and O–H groups in total. The fourth-order valence-electron chi connectivity index (χ4n) is 1.59. The lowest BCUT2D eigenvalue weighted by Crippen LogP contribution is -2.36. The minimum atomic E-state index is -4.00. The van der Waals surface area contributed by atoms with Crippen LogP contribution in [0, 0.1) is 0 Å². The van der Waals surface area contributed by atoms with E-state index in [0.29, 0.717) is 0 Å². The maximum atomic E-state index is 13.3. The summed E-state index contributed by atoms with van der Waals surface area (Å²) in [6.45, 7) is -0.168. The number of alkyl halides is 2. The van der Waals surface area contributed by atoms with E-state index in [1.165, 1.54) is 13.1 Å². The molecule has 0 saturated heterocycles. The summed E-state index contributed by atoms with van der Waals surface area (Å²) in [5.74, 6) is -6.37. The van der Waals surface area contributed by atoms with Crippen molar-refractivity contribution in [2.24, 2.45) is 0 Å². The fraction of sp³-hybridized carbons (Fsp3) is 0.273. The van der Waals surface area contributed by atoms with Crippen molar-refractivity contribution in [2.45, 2.75) is 5.92 Å². The number of carbonyl (C=O) groups is 2. The molecule has 7 heteroatoms. The van der Waals surface area contributed by atoms with E-state index in [4.69, 9.17) is 9.84 Å². The van der Waals surface area contributed by atoms with Crippen LogP contribution in [0.4, 0.5) is 14.5 Å². The molecule has 0 saturated carbocycles. The molecule has 0 aliphatic carbocycles. The molecule has 0 radical (unpaired) electrons. The first kappa shape index (κ1) is 12.3. The van der Waals surface area contributed by atoms with Crippen molar-refractivity contribution in [1.29, 1.82) is 0 Å². The van der Waals surface area contributed by atoms with Crippen molar-refractivity contribution in [3.05, 3.63) is 23.8 Å². The number of ether oxygens (including phenoxy) is 1. The van der Waals surface area contributed by atoms with Gasteiger partial charge in [0.1, 0.15) is 5.75 Å². The Morgan fingerprint density at radius 2 is 2.17 bits per heavy atom. The van der Waals surface area contributed by atoms with Gasteiger partial charge in [-0.15, -0.1) is 0 Å². The number of likely N-dealkylation sites (N-methyl/N-ethyl adjacent to an activating group) is 1. The minimum Gasteiger partial charge on any atom is -0.482 e. The van der Waals surface area contributed by atoms with Crippen LogP contribution >= 0.6 is 0 Å². The average Bonchev–Trinajstić information content (AvgIpc) is 2.33. The molecule has 1 heterocycles. The number of rotatable bonds is 2. The van der Waals surface area contributed by atoms with Crippen LogP contribution in [0.3, 0.4) is 0 Å². The van der Waals surface area contributed by atoms with Crippen molar-refractivity contribution in [3.63, 3.8) is 0 Å². The van der Waals surface area contributed by atoms with Gasteiger partial charge in [0.25, 0.3) is 5.91 Å². The number of anilines is 1. The molecule has 1 amide bonds. The second kappa shape index (κ2) is 3.94. The zero-order valence-electron chi connectivity index (χ0n) is 9.31. The predicted molar refractivity (Wildman–Crippen MR) is 56.9 cm³/mol. The highest BCUT2D eigenvalue weighted by atomic mass is 19.3. The summed E-state index contributed by atoms with van der Waals surface area (Å²) in [6.07, 6.45) is 0. The standard InChI is InChI=1S/C11H9F2NO4/c1-14-7-4-6(11(12,13)10(16)17)2-3-8(7)18-5-9(14)15/h2-4H,5H2,1H3,(H,16,17). The monoisotopic (exact) mass is 257 g/mol. The normalized spacial score (nSPS) is 15.1. The first-order valence-electron chi connectivity index (χ1n) is 4.99. The zero-order chi connectivity index (χ0) is 13.5. The summed E-state index contributed by atoms with van der Waals surface area (Å²) in [5.41, 5.74) is -0.566. The number of amides is 1. The van der Waals surface area contributed by atoms with Gasteiger partial charge in [-0.1, -0.05) is 0 Å². The van der Waals surface area contributed by atoms with Gasteiger partial charge in [-0.3, -0.25) is 4.79 Å². The van der Waals surface area contributed by atoms with Crippen LogP contribution in [0.5, 0.6) is 5.75 Å². The number of hydrogen-bond donors (Lipinski definition) is 1. The van der Waals surface area contributed by atoms with Gasteiger partial charge >= 0.3 is 11.9 Å². The van der Waals surface area contributed by atoms with Crippen LogP contribution < -0.4 is 9.64 Å². The second-order valence-electron chi connectivity index (χ2n) is 3.80. The molecular formula is C11H9F2NO4. The summed E-state index contributed by atoms with van der Waals surface area (Å²) in [7, 11) is 1.41. The number of aliphatic carboxylic acids is 1. The van der Waals surface area contributed by atoms with Crippen molar-refractivity contribution < 1.29 is 28.2 Å². The number of benzene rings is 1. The SMILES string of the molecule is CN1C(=O)COc2ccc(C(F)(F)C(=O)O)cc21. The highest BCUT2D eigenvalue weighted by Gasteiger charge is 2.42. The molecule has 0 atom stereocenters. The zero-order valence-corrected chi connectivity index (χ0v) is 9.31. The molecule has 0 unspecified atom stereocenters. The molecule has 1 aliphatic heterocycles. The number of carboxylic acids is 1. The number of nitrogens with zero attached hydrogens (tertiary/aromatic N) is 1. The van der Waals surface area contributed by atoms with Gasteiger partial charge in [0.2, 0.25) is 0 Å². The number of carbonyl (C=O) groups excluding carboxylic acids is 1. The Hall–Kier alpha value is -2.18. The van der Waals surface area contributed by atoms with Crippen LogP contribution in [-0.2, 0) is 15.5 Å². The van der Waals surface area contributed by atoms with Gasteiger partial charge in [0, 0.05) is 12.6 Å². The smallest absolute Gasteiger partial charge is 0.379 e. The summed E-state index contributed by atoms with van der Waals surface area (Å²) in [4.78, 5) is 23.0. The third-order valence-electron chi connectivity index (χ3n) is 2.68. The lowest BCUT2D eigenvalue weighted by atomic mass is 10.1. The van der Waals surface area contributed by atoms with Gasteiger partial charge in [0.05, 0.1) is 5.69 Å². The number of hydrogen-bond acceptors (Lipinski definition) is 3. The minimum absolute atomic E-state index is 0.129. The van der Waals surface area contributed by atoms with E-state index < -0.39 is 23.4 Å². The lowest BCUT2D eigenvalue weighted by Gasteiger charge is -2.27. The molecule has 0 fully saturated rings. The lowest BCUT2D eigenvalue weighted by molar-refractivity contribution is -0.166. The first-order valence-corrected chi connectivity index (χ1v) is 4.99. The molecule has 2 rings (SSSR count). The van der Waals surface area contributed by atoms with Crippen LogP contribution in [0.25, 0.3) is 0 Å². The molecule has 18 heavy (non-hydrogen) atoms. The van der Waals surface area contributed by atoms with E-state index in [-0.39, 0.29) is 18.0 Å². The Kier molecular flexibility index (Phi) is 2.68. The molecule has 1 aromatic rings. The first-order chi connectivity index (χ1) is 8.34. The summed E-state index contributed by atoms with van der Waals surface area (Å²) in [5, 5.41) is 8.45. The van der Waals surface area contributed by atoms with E-state index in [0.717, 1.165) is 17.0 Å². The Bertz CT molecular complexity index is 530. The van der Waals surface area contributed by atoms with Crippen molar-refractivity contribution in [1.82, 2.24) is 0 Å². The quantitative estimate of drug-likeness (QED) is 0.865. The largest absolute Gasteiger partial charge is 0.482 e. The van der Waals surface area contributed by atoms with E-state index >= 15 is 0 Å². The topological polar surface area (TPSA) is 66.8 Å². The van der Waals surface area contributed by atoms with E-state index in [1.807, 2.05) is 0 Å². The molecule has 1 aliphatic rings. The van der Waals surface area contributed by atoms with Crippen molar-refractivity contribution in [2.75, 3.05) is 18.6 Å². The molecule has 5 nitrogen and oxygen atoms in total. The molecule has 0 aromatic heterocycles. The molecule has 1 aromatic carbocycles. The van der Waals surface area contributed by atoms with Crippen LogP contribution in [0.15, 0.2) is 18.2 Å². The number of carboxylic acid groups (broad SMARTS) is 1. The highest BCUT2D eigenvalue weighted by Crippen LogP contribution is 2.37. The average molecular weight is 257 g/mol. The number of halogens is 2. The maximum Gasteiger partial charge on any atom is 0.379 e. The summed E-state index contributed by atoms with van der Waals surface area (Å²) < 4.78 is 31.7. The van der Waals surface area contributed by atoms with E-state index in [1.54, 1.807) is 0 Å². The molecule has 0 bridgehead atoms. The molecular weight excluding hydrogens is 248 g/mol. The van der Waals surface area contributed by atoms with Crippen molar-refractivity contribution in [3.8, 4) is 5.75 Å². The van der Waals surface area contributed by atoms with Gasteiger partial charge < -0.3 is 14.7 Å². The Balaban J connectivity index is 2.50. The van der Waals surface area contributed by atoms with Gasteiger partial charge in [-0.25, -0.2) is 4.79 Å². The Labute approximate surface area is 101 Å². The highest BCUT2D eigenvalue weighted by molar-refractivity contribution is 5.97. The third kappa shape index (κ3) is 1.77. The Morgan fingerprint density at radius 1 is 1.50 bits per heavy atom. The number of fused-ring (bicyclic) bond motifs is 1. The Morgan fingerprint density at radius 3 is 2.78 bits per heavy atom. The second-order valence-corrected chi connectivity index (χ2v) is 3.80. The van der Waals surface area contributed by atoms with E-state index in [2.05, 4.69) is 0 Å². The predicted octanol–water partition coefficient (Wildman–Crippen LogP) is 1.22. The maximum absolute atomic E-state index is 13.3. The van der Waals surface area contributed by atoms with Gasteiger partial charge in [-0.05, 0) is 18.2 Å². The summed E-state index contributed by atoms with van der Waals surface area (Å²) in [6, 6.07) is 3.14. The molecule has 0 spiro atoms. The summed E-state index contributed by atoms with van der Waals surface area (Å²) >= 11 is 0. The van der Waals surface area contributed by atoms with Crippen LogP contribution in [0.2, 0.25) is 0 Å². The van der Waals surface area contributed by atoms with Crippen LogP contribution in [-0.4, -0.2) is 30.6 Å².